The zero-order valence-electron chi connectivity index (χ0n) is 7.65. The van der Waals surface area contributed by atoms with Crippen LogP contribution in [-0.4, -0.2) is 20.2 Å². The van der Waals surface area contributed by atoms with Crippen LogP contribution < -0.4 is 5.73 Å². The van der Waals surface area contributed by atoms with Gasteiger partial charge >= 0.3 is 0 Å². The standard InChI is InChI=1S/C8H15N3O/c1-8(2,9)7(12)6-4-11(3)5-10-6/h4-5,7,12H,9H2,1-3H3. The van der Waals surface area contributed by atoms with Gasteiger partial charge in [0.1, 0.15) is 6.10 Å². The van der Waals surface area contributed by atoms with Crippen LogP contribution in [0.2, 0.25) is 0 Å². The fraction of sp³-hybridized carbons (Fsp3) is 0.625. The maximum Gasteiger partial charge on any atom is 0.115 e. The Morgan fingerprint density at radius 3 is 2.58 bits per heavy atom. The highest BCUT2D eigenvalue weighted by Crippen LogP contribution is 2.20. The maximum absolute atomic E-state index is 9.67. The van der Waals surface area contributed by atoms with Gasteiger partial charge in [0.25, 0.3) is 0 Å². The van der Waals surface area contributed by atoms with Crippen molar-refractivity contribution in [3.63, 3.8) is 0 Å². The SMILES string of the molecule is Cn1cnc(C(O)C(C)(C)N)c1. The summed E-state index contributed by atoms with van der Waals surface area (Å²) in [4.78, 5) is 4.02. The molecule has 0 aliphatic heterocycles. The van der Waals surface area contributed by atoms with E-state index < -0.39 is 11.6 Å². The lowest BCUT2D eigenvalue weighted by Gasteiger charge is -2.23. The molecule has 3 N–H and O–H groups in total. The lowest BCUT2D eigenvalue weighted by atomic mass is 9.97. The van der Waals surface area contributed by atoms with Crippen LogP contribution in [0.25, 0.3) is 0 Å². The average molecular weight is 169 g/mol. The molecule has 12 heavy (non-hydrogen) atoms. The van der Waals surface area contributed by atoms with Crippen LogP contribution in [0.5, 0.6) is 0 Å². The predicted octanol–water partition coefficient (Wildman–Crippen LogP) is 0.191. The normalized spacial score (nSPS) is 14.8. The van der Waals surface area contributed by atoms with Gasteiger partial charge in [-0.25, -0.2) is 4.98 Å². The van der Waals surface area contributed by atoms with Crippen LogP contribution in [0.1, 0.15) is 25.6 Å². The minimum Gasteiger partial charge on any atom is -0.385 e. The molecule has 1 aromatic heterocycles. The Hall–Kier alpha value is -0.870. The molecule has 0 fully saturated rings. The Bertz CT molecular complexity index is 262. The van der Waals surface area contributed by atoms with Gasteiger partial charge in [-0.3, -0.25) is 0 Å². The smallest absolute Gasteiger partial charge is 0.115 e. The molecule has 0 radical (unpaired) electrons. The Morgan fingerprint density at radius 1 is 1.67 bits per heavy atom. The number of imidazole rings is 1. The first-order valence-electron chi connectivity index (χ1n) is 3.86. The third-order valence-corrected chi connectivity index (χ3v) is 1.71. The Balaban J connectivity index is 2.85. The van der Waals surface area contributed by atoms with Crippen LogP contribution in [0.4, 0.5) is 0 Å². The van der Waals surface area contributed by atoms with Crippen LogP contribution in [0.3, 0.4) is 0 Å². The van der Waals surface area contributed by atoms with Crippen molar-refractivity contribution < 1.29 is 5.11 Å². The van der Waals surface area contributed by atoms with Crippen molar-refractivity contribution in [3.8, 4) is 0 Å². The molecule has 0 bridgehead atoms. The molecule has 4 heteroatoms. The molecule has 68 valence electrons. The monoisotopic (exact) mass is 169 g/mol. The first-order valence-corrected chi connectivity index (χ1v) is 3.86. The van der Waals surface area contributed by atoms with E-state index in [-0.39, 0.29) is 0 Å². The second-order valence-corrected chi connectivity index (χ2v) is 3.69. The number of hydrogen-bond donors (Lipinski definition) is 2. The van der Waals surface area contributed by atoms with Crippen molar-refractivity contribution in [1.82, 2.24) is 9.55 Å². The fourth-order valence-electron chi connectivity index (χ4n) is 0.955. The van der Waals surface area contributed by atoms with Crippen molar-refractivity contribution in [3.05, 3.63) is 18.2 Å². The summed E-state index contributed by atoms with van der Waals surface area (Å²) < 4.78 is 1.78. The molecule has 0 aromatic carbocycles. The first kappa shape index (κ1) is 9.22. The summed E-state index contributed by atoms with van der Waals surface area (Å²) in [5.41, 5.74) is 5.69. The highest BCUT2D eigenvalue weighted by atomic mass is 16.3. The van der Waals surface area contributed by atoms with E-state index in [0.29, 0.717) is 5.69 Å². The number of aromatic nitrogens is 2. The van der Waals surface area contributed by atoms with Gasteiger partial charge in [-0.2, -0.15) is 0 Å². The Morgan fingerprint density at radius 2 is 2.25 bits per heavy atom. The topological polar surface area (TPSA) is 64.1 Å². The molecule has 1 rings (SSSR count). The molecule has 1 atom stereocenters. The van der Waals surface area contributed by atoms with Gasteiger partial charge in [-0.05, 0) is 13.8 Å². The molecule has 1 heterocycles. The summed E-state index contributed by atoms with van der Waals surface area (Å²) >= 11 is 0. The van der Waals surface area contributed by atoms with Crippen molar-refractivity contribution >= 4 is 0 Å². The molecule has 1 aromatic rings. The number of hydrogen-bond acceptors (Lipinski definition) is 3. The first-order chi connectivity index (χ1) is 5.41. The van der Waals surface area contributed by atoms with Crippen molar-refractivity contribution in [1.29, 1.82) is 0 Å². The number of aliphatic hydroxyl groups is 1. The summed E-state index contributed by atoms with van der Waals surface area (Å²) in [6.45, 7) is 3.54. The van der Waals surface area contributed by atoms with E-state index in [0.717, 1.165) is 0 Å². The molecular weight excluding hydrogens is 154 g/mol. The summed E-state index contributed by atoms with van der Waals surface area (Å²) in [5, 5.41) is 9.67. The molecule has 0 saturated carbocycles. The zero-order valence-corrected chi connectivity index (χ0v) is 7.65. The van der Waals surface area contributed by atoms with Gasteiger partial charge in [0.05, 0.1) is 12.0 Å². The quantitative estimate of drug-likeness (QED) is 0.664. The predicted molar refractivity (Wildman–Crippen MR) is 46.4 cm³/mol. The van der Waals surface area contributed by atoms with Crippen LogP contribution in [0.15, 0.2) is 12.5 Å². The van der Waals surface area contributed by atoms with E-state index in [1.54, 1.807) is 30.9 Å². The number of rotatable bonds is 2. The van der Waals surface area contributed by atoms with Crippen molar-refractivity contribution in [2.75, 3.05) is 0 Å². The van der Waals surface area contributed by atoms with Gasteiger partial charge in [-0.1, -0.05) is 0 Å². The van der Waals surface area contributed by atoms with Crippen molar-refractivity contribution in [2.24, 2.45) is 12.8 Å². The lowest BCUT2D eigenvalue weighted by Crippen LogP contribution is -2.39. The van der Waals surface area contributed by atoms with Crippen LogP contribution >= 0.6 is 0 Å². The fourth-order valence-corrected chi connectivity index (χ4v) is 0.955. The van der Waals surface area contributed by atoms with E-state index in [1.165, 1.54) is 0 Å². The third kappa shape index (κ3) is 1.84. The highest BCUT2D eigenvalue weighted by Gasteiger charge is 2.25. The average Bonchev–Trinajstić information content (AvgIpc) is 2.32. The minimum atomic E-state index is -0.710. The lowest BCUT2D eigenvalue weighted by molar-refractivity contribution is 0.101. The number of aliphatic hydroxyl groups excluding tert-OH is 1. The molecule has 0 aliphatic carbocycles. The van der Waals surface area contributed by atoms with Gasteiger partial charge in [0.2, 0.25) is 0 Å². The minimum absolute atomic E-state index is 0.616. The molecule has 0 saturated heterocycles. The number of aryl methyl sites for hydroxylation is 1. The van der Waals surface area contributed by atoms with E-state index >= 15 is 0 Å². The number of nitrogens with zero attached hydrogens (tertiary/aromatic N) is 2. The second-order valence-electron chi connectivity index (χ2n) is 3.69. The van der Waals surface area contributed by atoms with Gasteiger partial charge in [0, 0.05) is 18.8 Å². The zero-order chi connectivity index (χ0) is 9.35. The van der Waals surface area contributed by atoms with E-state index in [2.05, 4.69) is 4.98 Å². The summed E-state index contributed by atoms with van der Waals surface area (Å²) in [5.74, 6) is 0. The third-order valence-electron chi connectivity index (χ3n) is 1.71. The molecule has 0 aliphatic rings. The van der Waals surface area contributed by atoms with Crippen molar-refractivity contribution in [2.45, 2.75) is 25.5 Å². The maximum atomic E-state index is 9.67. The van der Waals surface area contributed by atoms with E-state index in [9.17, 15) is 5.11 Å². The van der Waals surface area contributed by atoms with Crippen LogP contribution in [0, 0.1) is 0 Å². The molecular formula is C8H15N3O. The summed E-state index contributed by atoms with van der Waals surface area (Å²) in [6.07, 6.45) is 2.70. The summed E-state index contributed by atoms with van der Waals surface area (Å²) in [7, 11) is 1.85. The Kier molecular flexibility index (Phi) is 2.21. The second kappa shape index (κ2) is 2.88. The van der Waals surface area contributed by atoms with Gasteiger partial charge in [-0.15, -0.1) is 0 Å². The highest BCUT2D eigenvalue weighted by molar-refractivity contribution is 5.06. The molecule has 1 unspecified atom stereocenters. The molecule has 4 nitrogen and oxygen atoms in total. The van der Waals surface area contributed by atoms with Gasteiger partial charge in [0.15, 0.2) is 0 Å². The van der Waals surface area contributed by atoms with Crippen LogP contribution in [-0.2, 0) is 7.05 Å². The van der Waals surface area contributed by atoms with E-state index in [4.69, 9.17) is 5.73 Å². The Labute approximate surface area is 72.0 Å². The molecule has 0 amide bonds. The number of nitrogens with two attached hydrogens (primary N) is 1. The largest absolute Gasteiger partial charge is 0.385 e. The van der Waals surface area contributed by atoms with Gasteiger partial charge < -0.3 is 15.4 Å². The molecule has 0 spiro atoms. The van der Waals surface area contributed by atoms with E-state index in [1.807, 2.05) is 7.05 Å². The summed E-state index contributed by atoms with van der Waals surface area (Å²) in [6, 6.07) is 0.